The number of hydrogen-bond acceptors (Lipinski definition) is 2. The van der Waals surface area contributed by atoms with Crippen molar-refractivity contribution < 1.29 is 22.3 Å². The molecule has 3 atom stereocenters. The summed E-state index contributed by atoms with van der Waals surface area (Å²) in [5.74, 6) is -3.77. The number of halogens is 4. The van der Waals surface area contributed by atoms with Crippen molar-refractivity contribution in [2.24, 2.45) is 23.0 Å². The molecule has 126 valence electrons. The van der Waals surface area contributed by atoms with Gasteiger partial charge in [0.05, 0.1) is 6.10 Å². The van der Waals surface area contributed by atoms with Gasteiger partial charge in [0, 0.05) is 0 Å². The van der Waals surface area contributed by atoms with Gasteiger partial charge in [0.2, 0.25) is 0 Å². The first-order chi connectivity index (χ1) is 9.64. The Morgan fingerprint density at radius 3 is 2.33 bits per heavy atom. The van der Waals surface area contributed by atoms with Gasteiger partial charge < -0.3 is 10.5 Å². The second-order valence-electron chi connectivity index (χ2n) is 6.76. The summed E-state index contributed by atoms with van der Waals surface area (Å²) in [5.41, 5.74) is 5.75. The molecule has 1 fully saturated rings. The van der Waals surface area contributed by atoms with Crippen LogP contribution in [0.5, 0.6) is 0 Å². The quantitative estimate of drug-likeness (QED) is 0.719. The Labute approximate surface area is 124 Å². The van der Waals surface area contributed by atoms with Gasteiger partial charge in [-0.15, -0.1) is 0 Å². The van der Waals surface area contributed by atoms with Crippen LogP contribution in [-0.2, 0) is 4.74 Å². The molecule has 0 aromatic carbocycles. The third-order valence-corrected chi connectivity index (χ3v) is 5.06. The van der Waals surface area contributed by atoms with E-state index in [1.807, 2.05) is 0 Å². The highest BCUT2D eigenvalue weighted by Gasteiger charge is 2.44. The molecule has 0 radical (unpaired) electrons. The molecular formula is C15H27F4NO. The number of rotatable bonds is 7. The first-order valence-electron chi connectivity index (χ1n) is 7.61. The van der Waals surface area contributed by atoms with E-state index in [1.54, 1.807) is 0 Å². The lowest BCUT2D eigenvalue weighted by atomic mass is 9.66. The van der Waals surface area contributed by atoms with Gasteiger partial charge in [-0.05, 0) is 43.1 Å². The van der Waals surface area contributed by atoms with Gasteiger partial charge in [-0.2, -0.15) is 8.78 Å². The molecule has 1 aliphatic rings. The van der Waals surface area contributed by atoms with Crippen LogP contribution in [0.15, 0.2) is 0 Å². The maximum atomic E-state index is 13.0. The van der Waals surface area contributed by atoms with Gasteiger partial charge in [0.15, 0.2) is 0 Å². The van der Waals surface area contributed by atoms with Crippen LogP contribution in [0.25, 0.3) is 0 Å². The number of alkyl halides is 4. The molecule has 0 heterocycles. The summed E-state index contributed by atoms with van der Waals surface area (Å²) >= 11 is 0. The predicted octanol–water partition coefficient (Wildman–Crippen LogP) is 4.08. The fourth-order valence-corrected chi connectivity index (χ4v) is 2.95. The largest absolute Gasteiger partial charge is 0.371 e. The van der Waals surface area contributed by atoms with Crippen molar-refractivity contribution in [1.29, 1.82) is 0 Å². The highest BCUT2D eigenvalue weighted by atomic mass is 19.3. The van der Waals surface area contributed by atoms with Crippen molar-refractivity contribution in [3.05, 3.63) is 0 Å². The first-order valence-corrected chi connectivity index (χ1v) is 7.61. The van der Waals surface area contributed by atoms with Crippen LogP contribution in [0.3, 0.4) is 0 Å². The molecule has 0 bridgehead atoms. The van der Waals surface area contributed by atoms with E-state index < -0.39 is 25.1 Å². The van der Waals surface area contributed by atoms with E-state index in [9.17, 15) is 17.6 Å². The minimum Gasteiger partial charge on any atom is -0.371 e. The highest BCUT2D eigenvalue weighted by Crippen LogP contribution is 2.43. The Kier molecular flexibility index (Phi) is 6.47. The standard InChI is InChI=1S/C15H27F4NO/c1-4-14(2,3)11-6-5-10(8-20)12(7-11)21-9-15(18,19)13(16)17/h10-13H,4-9,20H2,1-3H3. The molecule has 21 heavy (non-hydrogen) atoms. The molecule has 2 nitrogen and oxygen atoms in total. The molecule has 0 aliphatic heterocycles. The minimum atomic E-state index is -4.09. The highest BCUT2D eigenvalue weighted by molar-refractivity contribution is 4.88. The Morgan fingerprint density at radius 2 is 1.86 bits per heavy atom. The lowest BCUT2D eigenvalue weighted by Crippen LogP contribution is -2.43. The van der Waals surface area contributed by atoms with Gasteiger partial charge in [-0.25, -0.2) is 8.78 Å². The van der Waals surface area contributed by atoms with E-state index in [4.69, 9.17) is 10.5 Å². The predicted molar refractivity (Wildman–Crippen MR) is 74.6 cm³/mol. The monoisotopic (exact) mass is 313 g/mol. The summed E-state index contributed by atoms with van der Waals surface area (Å²) in [6.07, 6.45) is -0.777. The number of ether oxygens (including phenoxy) is 1. The van der Waals surface area contributed by atoms with Crippen LogP contribution in [0, 0.1) is 17.3 Å². The average molecular weight is 313 g/mol. The molecule has 0 aromatic rings. The van der Waals surface area contributed by atoms with Crippen LogP contribution in [0.4, 0.5) is 17.6 Å². The van der Waals surface area contributed by atoms with Crippen LogP contribution < -0.4 is 5.73 Å². The molecule has 1 aliphatic carbocycles. The van der Waals surface area contributed by atoms with Crippen LogP contribution in [-0.4, -0.2) is 31.6 Å². The van der Waals surface area contributed by atoms with Gasteiger partial charge in [0.25, 0.3) is 0 Å². The van der Waals surface area contributed by atoms with Crippen molar-refractivity contribution in [3.8, 4) is 0 Å². The van der Waals surface area contributed by atoms with Crippen molar-refractivity contribution in [3.63, 3.8) is 0 Å². The molecular weight excluding hydrogens is 286 g/mol. The smallest absolute Gasteiger partial charge is 0.330 e. The Morgan fingerprint density at radius 1 is 1.24 bits per heavy atom. The molecule has 0 aromatic heterocycles. The van der Waals surface area contributed by atoms with Gasteiger partial charge in [-0.1, -0.05) is 27.2 Å². The zero-order chi connectivity index (χ0) is 16.3. The fraction of sp³-hybridized carbons (Fsp3) is 1.00. The molecule has 1 rings (SSSR count). The third kappa shape index (κ3) is 4.81. The summed E-state index contributed by atoms with van der Waals surface area (Å²) in [7, 11) is 0. The van der Waals surface area contributed by atoms with E-state index in [2.05, 4.69) is 20.8 Å². The summed E-state index contributed by atoms with van der Waals surface area (Å²) < 4.78 is 55.6. The Bertz CT molecular complexity index is 323. The zero-order valence-electron chi connectivity index (χ0n) is 13.0. The average Bonchev–Trinajstić information content (AvgIpc) is 2.44. The second-order valence-corrected chi connectivity index (χ2v) is 6.76. The maximum Gasteiger partial charge on any atom is 0.330 e. The van der Waals surface area contributed by atoms with E-state index in [0.717, 1.165) is 19.3 Å². The maximum absolute atomic E-state index is 13.0. The van der Waals surface area contributed by atoms with Gasteiger partial charge >= 0.3 is 12.3 Å². The van der Waals surface area contributed by atoms with Crippen LogP contribution in [0.1, 0.15) is 46.5 Å². The lowest BCUT2D eigenvalue weighted by Gasteiger charge is -2.43. The number of nitrogens with two attached hydrogens (primary N) is 1. The van der Waals surface area contributed by atoms with Gasteiger partial charge in [-0.3, -0.25) is 0 Å². The Balaban J connectivity index is 2.67. The van der Waals surface area contributed by atoms with Crippen molar-refractivity contribution in [2.75, 3.05) is 13.2 Å². The molecule has 6 heteroatoms. The van der Waals surface area contributed by atoms with Crippen molar-refractivity contribution in [2.45, 2.75) is 64.9 Å². The normalized spacial score (nSPS) is 28.1. The topological polar surface area (TPSA) is 35.2 Å². The minimum absolute atomic E-state index is 0.0256. The van der Waals surface area contributed by atoms with E-state index in [0.29, 0.717) is 18.9 Å². The molecule has 0 saturated heterocycles. The van der Waals surface area contributed by atoms with Crippen LogP contribution in [0.2, 0.25) is 0 Å². The fourth-order valence-electron chi connectivity index (χ4n) is 2.95. The van der Waals surface area contributed by atoms with E-state index in [-0.39, 0.29) is 11.3 Å². The van der Waals surface area contributed by atoms with E-state index >= 15 is 0 Å². The first kappa shape index (κ1) is 18.7. The zero-order valence-corrected chi connectivity index (χ0v) is 13.0. The number of hydrogen-bond donors (Lipinski definition) is 1. The molecule has 1 saturated carbocycles. The van der Waals surface area contributed by atoms with Gasteiger partial charge in [0.1, 0.15) is 6.61 Å². The summed E-state index contributed by atoms with van der Waals surface area (Å²) in [4.78, 5) is 0. The molecule has 2 N–H and O–H groups in total. The van der Waals surface area contributed by atoms with E-state index in [1.165, 1.54) is 0 Å². The Hall–Kier alpha value is -0.360. The molecule has 0 spiro atoms. The van der Waals surface area contributed by atoms with Crippen molar-refractivity contribution in [1.82, 2.24) is 0 Å². The van der Waals surface area contributed by atoms with Crippen LogP contribution >= 0.6 is 0 Å². The summed E-state index contributed by atoms with van der Waals surface area (Å²) in [6.45, 7) is 5.49. The SMILES string of the molecule is CCC(C)(C)C1CCC(CN)C(OCC(F)(F)C(F)F)C1. The summed E-state index contributed by atoms with van der Waals surface area (Å²) in [6, 6.07) is 0. The molecule has 0 amide bonds. The van der Waals surface area contributed by atoms with Crippen molar-refractivity contribution >= 4 is 0 Å². The molecule has 3 unspecified atom stereocenters. The summed E-state index contributed by atoms with van der Waals surface area (Å²) in [5, 5.41) is 0. The lowest BCUT2D eigenvalue weighted by molar-refractivity contribution is -0.186. The second kappa shape index (κ2) is 7.27. The third-order valence-electron chi connectivity index (χ3n) is 5.06.